The van der Waals surface area contributed by atoms with Crippen molar-refractivity contribution in [3.8, 4) is 16.9 Å². The summed E-state index contributed by atoms with van der Waals surface area (Å²) in [6, 6.07) is 8.07. The zero-order valence-electron chi connectivity index (χ0n) is 12.5. The maximum absolute atomic E-state index is 6.24. The van der Waals surface area contributed by atoms with E-state index in [4.69, 9.17) is 16.3 Å². The SMILES string of the molecule is CCCOc1cncc(-c2ccc(Cl)c(CNCC)c2)c1. The maximum Gasteiger partial charge on any atom is 0.138 e. The van der Waals surface area contributed by atoms with Crippen molar-refractivity contribution in [3.63, 3.8) is 0 Å². The standard InChI is InChI=1S/C17H21ClN2O/c1-3-7-21-16-9-14(10-20-12-16)13-5-6-17(18)15(8-13)11-19-4-2/h5-6,8-10,12,19H,3-4,7,11H2,1-2H3. The molecule has 3 nitrogen and oxygen atoms in total. The molecule has 2 aromatic rings. The molecule has 0 radical (unpaired) electrons. The fourth-order valence-corrected chi connectivity index (χ4v) is 2.21. The van der Waals surface area contributed by atoms with Crippen molar-refractivity contribution in [2.45, 2.75) is 26.8 Å². The maximum atomic E-state index is 6.24. The molecule has 21 heavy (non-hydrogen) atoms. The minimum atomic E-state index is 0.706. The van der Waals surface area contributed by atoms with Gasteiger partial charge in [-0.05, 0) is 42.3 Å². The highest BCUT2D eigenvalue weighted by Gasteiger charge is 2.05. The van der Waals surface area contributed by atoms with Crippen LogP contribution in [0.1, 0.15) is 25.8 Å². The molecule has 1 aromatic carbocycles. The predicted octanol–water partition coefficient (Wildman–Crippen LogP) is 4.30. The lowest BCUT2D eigenvalue weighted by atomic mass is 10.0. The minimum Gasteiger partial charge on any atom is -0.492 e. The second-order valence-corrected chi connectivity index (χ2v) is 5.25. The molecule has 0 aliphatic carbocycles. The van der Waals surface area contributed by atoms with Gasteiger partial charge in [0.05, 0.1) is 12.8 Å². The molecule has 0 saturated heterocycles. The summed E-state index contributed by atoms with van der Waals surface area (Å²) in [5.74, 6) is 0.803. The summed E-state index contributed by atoms with van der Waals surface area (Å²) in [5.41, 5.74) is 3.23. The van der Waals surface area contributed by atoms with Crippen LogP contribution >= 0.6 is 11.6 Å². The molecule has 0 bridgehead atoms. The zero-order valence-corrected chi connectivity index (χ0v) is 13.3. The Hall–Kier alpha value is -1.58. The quantitative estimate of drug-likeness (QED) is 0.828. The molecule has 1 N–H and O–H groups in total. The topological polar surface area (TPSA) is 34.1 Å². The van der Waals surface area contributed by atoms with E-state index in [0.29, 0.717) is 6.61 Å². The Labute approximate surface area is 131 Å². The molecule has 0 amide bonds. The van der Waals surface area contributed by atoms with Gasteiger partial charge in [0.25, 0.3) is 0 Å². The van der Waals surface area contributed by atoms with Crippen molar-refractivity contribution >= 4 is 11.6 Å². The van der Waals surface area contributed by atoms with Crippen LogP contribution < -0.4 is 10.1 Å². The Morgan fingerprint density at radius 3 is 2.76 bits per heavy atom. The van der Waals surface area contributed by atoms with Crippen LogP contribution in [0.2, 0.25) is 5.02 Å². The summed E-state index contributed by atoms with van der Waals surface area (Å²) in [4.78, 5) is 4.25. The summed E-state index contributed by atoms with van der Waals surface area (Å²) < 4.78 is 5.64. The number of aromatic nitrogens is 1. The molecule has 0 unspecified atom stereocenters. The molecule has 0 saturated carbocycles. The van der Waals surface area contributed by atoms with Crippen LogP contribution in [0.15, 0.2) is 36.7 Å². The first-order chi connectivity index (χ1) is 10.2. The Morgan fingerprint density at radius 2 is 2.00 bits per heavy atom. The minimum absolute atomic E-state index is 0.706. The Bertz CT molecular complexity index is 587. The fourth-order valence-electron chi connectivity index (χ4n) is 2.02. The van der Waals surface area contributed by atoms with Gasteiger partial charge in [-0.15, -0.1) is 0 Å². The Kier molecular flexibility index (Phi) is 6.03. The van der Waals surface area contributed by atoms with Crippen LogP contribution in [-0.4, -0.2) is 18.1 Å². The zero-order chi connectivity index (χ0) is 15.1. The van der Waals surface area contributed by atoms with E-state index >= 15 is 0 Å². The van der Waals surface area contributed by atoms with Gasteiger partial charge in [0.2, 0.25) is 0 Å². The van der Waals surface area contributed by atoms with Crippen molar-refractivity contribution in [1.82, 2.24) is 10.3 Å². The lowest BCUT2D eigenvalue weighted by Gasteiger charge is -2.10. The molecule has 2 rings (SSSR count). The van der Waals surface area contributed by atoms with Gasteiger partial charge in [-0.1, -0.05) is 31.5 Å². The third-order valence-corrected chi connectivity index (χ3v) is 3.50. The van der Waals surface area contributed by atoms with Crippen molar-refractivity contribution < 1.29 is 4.74 Å². The first kappa shape index (κ1) is 15.8. The van der Waals surface area contributed by atoms with Crippen LogP contribution in [0, 0.1) is 0 Å². The van der Waals surface area contributed by atoms with Gasteiger partial charge in [-0.25, -0.2) is 0 Å². The van der Waals surface area contributed by atoms with Gasteiger partial charge in [0.15, 0.2) is 0 Å². The Morgan fingerprint density at radius 1 is 1.14 bits per heavy atom. The number of nitrogens with zero attached hydrogens (tertiary/aromatic N) is 1. The van der Waals surface area contributed by atoms with Crippen molar-refractivity contribution in [2.75, 3.05) is 13.2 Å². The lowest BCUT2D eigenvalue weighted by Crippen LogP contribution is -2.12. The molecule has 0 spiro atoms. The molecule has 0 aliphatic heterocycles. The van der Waals surface area contributed by atoms with Gasteiger partial charge in [-0.2, -0.15) is 0 Å². The van der Waals surface area contributed by atoms with E-state index in [1.807, 2.05) is 24.4 Å². The smallest absolute Gasteiger partial charge is 0.138 e. The number of nitrogens with one attached hydrogen (secondary N) is 1. The average molecular weight is 305 g/mol. The van der Waals surface area contributed by atoms with Gasteiger partial charge in [0.1, 0.15) is 5.75 Å². The average Bonchev–Trinajstić information content (AvgIpc) is 2.52. The van der Waals surface area contributed by atoms with E-state index in [-0.39, 0.29) is 0 Å². The van der Waals surface area contributed by atoms with E-state index in [9.17, 15) is 0 Å². The summed E-state index contributed by atoms with van der Waals surface area (Å²) in [6.45, 7) is 6.56. The first-order valence-electron chi connectivity index (χ1n) is 7.32. The fraction of sp³-hybridized carbons (Fsp3) is 0.353. The summed E-state index contributed by atoms with van der Waals surface area (Å²) >= 11 is 6.24. The second kappa shape index (κ2) is 8.01. The molecular formula is C17H21ClN2O. The first-order valence-corrected chi connectivity index (χ1v) is 7.69. The molecule has 0 atom stereocenters. The second-order valence-electron chi connectivity index (χ2n) is 4.84. The highest BCUT2D eigenvalue weighted by atomic mass is 35.5. The van der Waals surface area contributed by atoms with Crippen LogP contribution in [0.25, 0.3) is 11.1 Å². The number of hydrogen-bond acceptors (Lipinski definition) is 3. The van der Waals surface area contributed by atoms with Crippen molar-refractivity contribution in [2.24, 2.45) is 0 Å². The van der Waals surface area contributed by atoms with Crippen molar-refractivity contribution in [3.05, 3.63) is 47.2 Å². The molecular weight excluding hydrogens is 284 g/mol. The highest BCUT2D eigenvalue weighted by molar-refractivity contribution is 6.31. The van der Waals surface area contributed by atoms with Crippen LogP contribution in [0.4, 0.5) is 0 Å². The number of benzene rings is 1. The number of halogens is 1. The molecule has 1 aromatic heterocycles. The van der Waals surface area contributed by atoms with Gasteiger partial charge < -0.3 is 10.1 Å². The van der Waals surface area contributed by atoms with E-state index in [1.165, 1.54) is 0 Å². The Balaban J connectivity index is 2.24. The lowest BCUT2D eigenvalue weighted by molar-refractivity contribution is 0.316. The number of hydrogen-bond donors (Lipinski definition) is 1. The molecule has 1 heterocycles. The van der Waals surface area contributed by atoms with Crippen molar-refractivity contribution in [1.29, 1.82) is 0 Å². The molecule has 0 fully saturated rings. The summed E-state index contributed by atoms with van der Waals surface area (Å²) in [7, 11) is 0. The molecule has 112 valence electrons. The summed E-state index contributed by atoms with van der Waals surface area (Å²) in [6.07, 6.45) is 4.58. The largest absolute Gasteiger partial charge is 0.492 e. The van der Waals surface area contributed by atoms with Crippen LogP contribution in [0.5, 0.6) is 5.75 Å². The van der Waals surface area contributed by atoms with E-state index < -0.39 is 0 Å². The number of ether oxygens (including phenoxy) is 1. The summed E-state index contributed by atoms with van der Waals surface area (Å²) in [5, 5.41) is 4.08. The molecule has 4 heteroatoms. The van der Waals surface area contributed by atoms with E-state index in [2.05, 4.69) is 30.2 Å². The third kappa shape index (κ3) is 4.45. The number of rotatable bonds is 7. The van der Waals surface area contributed by atoms with E-state index in [1.54, 1.807) is 6.20 Å². The predicted molar refractivity (Wildman–Crippen MR) is 87.8 cm³/mol. The molecule has 0 aliphatic rings. The normalized spacial score (nSPS) is 10.6. The van der Waals surface area contributed by atoms with Crippen LogP contribution in [-0.2, 0) is 6.54 Å². The van der Waals surface area contributed by atoms with Gasteiger partial charge >= 0.3 is 0 Å². The third-order valence-electron chi connectivity index (χ3n) is 3.13. The van der Waals surface area contributed by atoms with Gasteiger partial charge in [-0.3, -0.25) is 4.98 Å². The van der Waals surface area contributed by atoms with E-state index in [0.717, 1.165) is 47.0 Å². The van der Waals surface area contributed by atoms with Crippen LogP contribution in [0.3, 0.4) is 0 Å². The van der Waals surface area contributed by atoms with Gasteiger partial charge in [0, 0.05) is 23.3 Å². The monoisotopic (exact) mass is 304 g/mol. The number of pyridine rings is 1. The highest BCUT2D eigenvalue weighted by Crippen LogP contribution is 2.27.